The molecule has 1 unspecified atom stereocenters. The van der Waals surface area contributed by atoms with E-state index in [9.17, 15) is 9.59 Å². The van der Waals surface area contributed by atoms with Crippen LogP contribution in [0.15, 0.2) is 57.0 Å². The zero-order valence-corrected chi connectivity index (χ0v) is 16.5. The van der Waals surface area contributed by atoms with Gasteiger partial charge in [-0.15, -0.1) is 0 Å². The van der Waals surface area contributed by atoms with Gasteiger partial charge in [-0.1, -0.05) is 32.5 Å². The molecule has 1 N–H and O–H groups in total. The van der Waals surface area contributed by atoms with Crippen LogP contribution in [0.1, 0.15) is 47.2 Å². The number of carboxylic acids is 1. The van der Waals surface area contributed by atoms with Crippen LogP contribution in [-0.2, 0) is 0 Å². The van der Waals surface area contributed by atoms with Gasteiger partial charge in [0.1, 0.15) is 5.76 Å². The molecule has 1 aromatic carbocycles. The first-order chi connectivity index (χ1) is 12.7. The normalized spacial score (nSPS) is 18.6. The zero-order chi connectivity index (χ0) is 19.8. The first-order valence-electron chi connectivity index (χ1n) is 8.56. The molecular formula is C21H21NO4S. The van der Waals surface area contributed by atoms with Gasteiger partial charge in [0.05, 0.1) is 34.0 Å². The average molecular weight is 383 g/mol. The molecule has 0 bridgehead atoms. The molecule has 1 atom stereocenters. The number of thioether (sulfide) groups is 1. The number of benzene rings is 1. The van der Waals surface area contributed by atoms with E-state index in [1.54, 1.807) is 25.1 Å². The Labute approximate surface area is 162 Å². The van der Waals surface area contributed by atoms with Gasteiger partial charge in [0.2, 0.25) is 0 Å². The number of furan rings is 1. The van der Waals surface area contributed by atoms with Gasteiger partial charge in [0.15, 0.2) is 5.78 Å². The Morgan fingerprint density at radius 2 is 1.81 bits per heavy atom. The third kappa shape index (κ3) is 3.90. The van der Waals surface area contributed by atoms with Gasteiger partial charge >= 0.3 is 5.97 Å². The molecule has 0 spiro atoms. The molecule has 1 aromatic heterocycles. The summed E-state index contributed by atoms with van der Waals surface area (Å²) in [6, 6.07) is 8.01. The number of aromatic carboxylic acids is 1. The molecule has 0 amide bonds. The van der Waals surface area contributed by atoms with Crippen molar-refractivity contribution in [2.24, 2.45) is 16.3 Å². The Kier molecular flexibility index (Phi) is 5.11. The van der Waals surface area contributed by atoms with Crippen LogP contribution in [0.25, 0.3) is 0 Å². The smallest absolute Gasteiger partial charge is 0.335 e. The van der Waals surface area contributed by atoms with Crippen molar-refractivity contribution in [2.75, 3.05) is 0 Å². The van der Waals surface area contributed by atoms with Crippen molar-refractivity contribution in [1.29, 1.82) is 0 Å². The summed E-state index contributed by atoms with van der Waals surface area (Å²) >= 11 is 1.44. The van der Waals surface area contributed by atoms with Crippen molar-refractivity contribution in [3.63, 3.8) is 0 Å². The maximum atomic E-state index is 13.3. The Morgan fingerprint density at radius 3 is 2.33 bits per heavy atom. The number of aryl methyl sites for hydroxylation is 1. The first kappa shape index (κ1) is 19.2. The summed E-state index contributed by atoms with van der Waals surface area (Å²) in [5.74, 6) is -0.890. The van der Waals surface area contributed by atoms with E-state index in [1.165, 1.54) is 30.2 Å². The predicted octanol–water partition coefficient (Wildman–Crippen LogP) is 5.49. The van der Waals surface area contributed by atoms with E-state index in [4.69, 9.17) is 9.52 Å². The number of carbonyl (C=O) groups excluding carboxylic acids is 1. The van der Waals surface area contributed by atoms with E-state index in [0.29, 0.717) is 22.1 Å². The third-order valence-corrected chi connectivity index (χ3v) is 5.41. The molecule has 0 fully saturated rings. The molecule has 140 valence electrons. The number of Topliss-reactive ketones (excluding diaryl/α,β-unsaturated/α-hetero) is 1. The van der Waals surface area contributed by atoms with Crippen LogP contribution in [-0.4, -0.2) is 21.9 Å². The van der Waals surface area contributed by atoms with E-state index >= 15 is 0 Å². The second-order valence-electron chi connectivity index (χ2n) is 7.43. The second-order valence-corrected chi connectivity index (χ2v) is 8.32. The molecule has 1 aliphatic rings. The van der Waals surface area contributed by atoms with Crippen molar-refractivity contribution < 1.29 is 19.1 Å². The molecule has 3 rings (SSSR count). The molecule has 0 aliphatic carbocycles. The number of hydrogen-bond acceptors (Lipinski definition) is 5. The lowest BCUT2D eigenvalue weighted by Crippen LogP contribution is -2.27. The van der Waals surface area contributed by atoms with Crippen LogP contribution in [0.5, 0.6) is 0 Å². The second kappa shape index (κ2) is 7.19. The van der Waals surface area contributed by atoms with Crippen molar-refractivity contribution in [3.05, 3.63) is 64.5 Å². The molecule has 1 aliphatic heterocycles. The average Bonchev–Trinajstić information content (AvgIpc) is 3.21. The minimum Gasteiger partial charge on any atom is -0.478 e. The van der Waals surface area contributed by atoms with E-state index < -0.39 is 11.9 Å². The van der Waals surface area contributed by atoms with Crippen LogP contribution < -0.4 is 0 Å². The lowest BCUT2D eigenvalue weighted by Gasteiger charge is -2.25. The molecule has 2 heterocycles. The quantitative estimate of drug-likeness (QED) is 0.706. The monoisotopic (exact) mass is 383 g/mol. The standard InChI is InChI=1S/C21H21NO4S/c1-12-15(9-10-26-12)18(23)17-16(21(2,3)4)11-27-19(17)22-14-7-5-13(6-8-14)20(24)25/h5-11,17H,1-4H3,(H,24,25). The van der Waals surface area contributed by atoms with Crippen LogP contribution in [0.2, 0.25) is 0 Å². The number of carboxylic acid groups (broad SMARTS) is 1. The zero-order valence-electron chi connectivity index (χ0n) is 15.6. The maximum Gasteiger partial charge on any atom is 0.335 e. The summed E-state index contributed by atoms with van der Waals surface area (Å²) in [6.07, 6.45) is 1.52. The minimum absolute atomic E-state index is 0.0340. The van der Waals surface area contributed by atoms with Gasteiger partial charge in [0, 0.05) is 0 Å². The lowest BCUT2D eigenvalue weighted by molar-refractivity contribution is 0.0696. The largest absolute Gasteiger partial charge is 0.478 e. The summed E-state index contributed by atoms with van der Waals surface area (Å²) in [5.41, 5.74) is 2.21. The van der Waals surface area contributed by atoms with Crippen LogP contribution in [0.4, 0.5) is 5.69 Å². The van der Waals surface area contributed by atoms with Crippen molar-refractivity contribution in [1.82, 2.24) is 0 Å². The van der Waals surface area contributed by atoms with E-state index in [-0.39, 0.29) is 16.8 Å². The van der Waals surface area contributed by atoms with Gasteiger partial charge < -0.3 is 9.52 Å². The highest BCUT2D eigenvalue weighted by atomic mass is 32.2. The Balaban J connectivity index is 2.00. The number of allylic oxidation sites excluding steroid dienone is 1. The topological polar surface area (TPSA) is 79.9 Å². The molecule has 6 heteroatoms. The first-order valence-corrected chi connectivity index (χ1v) is 9.44. The van der Waals surface area contributed by atoms with E-state index in [0.717, 1.165) is 5.57 Å². The summed E-state index contributed by atoms with van der Waals surface area (Å²) in [5, 5.41) is 11.7. The number of nitrogens with zero attached hydrogens (tertiary/aromatic N) is 1. The van der Waals surface area contributed by atoms with Crippen LogP contribution in [0.3, 0.4) is 0 Å². The Hall–Kier alpha value is -2.60. The van der Waals surface area contributed by atoms with Gasteiger partial charge in [0.25, 0.3) is 0 Å². The van der Waals surface area contributed by atoms with E-state index in [2.05, 4.69) is 25.8 Å². The maximum absolute atomic E-state index is 13.3. The van der Waals surface area contributed by atoms with Gasteiger partial charge in [-0.3, -0.25) is 4.79 Å². The fourth-order valence-corrected chi connectivity index (χ4v) is 4.21. The molecule has 27 heavy (non-hydrogen) atoms. The minimum atomic E-state index is -0.982. The van der Waals surface area contributed by atoms with Crippen molar-refractivity contribution >= 4 is 34.2 Å². The Morgan fingerprint density at radius 1 is 1.15 bits per heavy atom. The summed E-state index contributed by atoms with van der Waals surface area (Å²) in [4.78, 5) is 28.9. The van der Waals surface area contributed by atoms with Crippen LogP contribution >= 0.6 is 11.8 Å². The summed E-state index contributed by atoms with van der Waals surface area (Å²) in [7, 11) is 0. The summed E-state index contributed by atoms with van der Waals surface area (Å²) in [6.45, 7) is 8.00. The fraction of sp³-hybridized carbons (Fsp3) is 0.286. The molecule has 0 saturated heterocycles. The lowest BCUT2D eigenvalue weighted by atomic mass is 9.77. The number of ketones is 1. The highest BCUT2D eigenvalue weighted by Crippen LogP contribution is 2.44. The molecular weight excluding hydrogens is 362 g/mol. The van der Waals surface area contributed by atoms with Gasteiger partial charge in [-0.05, 0) is 53.7 Å². The fourth-order valence-electron chi connectivity index (χ4n) is 2.95. The van der Waals surface area contributed by atoms with Gasteiger partial charge in [-0.2, -0.15) is 0 Å². The van der Waals surface area contributed by atoms with Crippen LogP contribution in [0, 0.1) is 18.3 Å². The van der Waals surface area contributed by atoms with E-state index in [1.807, 2.05) is 5.41 Å². The third-order valence-electron chi connectivity index (χ3n) is 4.47. The molecule has 0 saturated carbocycles. The highest BCUT2D eigenvalue weighted by molar-refractivity contribution is 8.17. The summed E-state index contributed by atoms with van der Waals surface area (Å²) < 4.78 is 5.31. The van der Waals surface area contributed by atoms with Crippen molar-refractivity contribution in [3.8, 4) is 0 Å². The predicted molar refractivity (Wildman–Crippen MR) is 107 cm³/mol. The highest BCUT2D eigenvalue weighted by Gasteiger charge is 2.39. The SMILES string of the molecule is Cc1occc1C(=O)C1C(C(C)(C)C)=CSC1=Nc1ccc(C(=O)O)cc1. The number of carbonyl (C=O) groups is 2. The Bertz CT molecular complexity index is 945. The number of hydrogen-bond donors (Lipinski definition) is 1. The van der Waals surface area contributed by atoms with Crippen molar-refractivity contribution in [2.45, 2.75) is 27.7 Å². The molecule has 0 radical (unpaired) electrons. The number of aliphatic imine (C=N–C) groups is 1. The number of rotatable bonds is 4. The molecule has 2 aromatic rings. The molecule has 5 nitrogen and oxygen atoms in total. The van der Waals surface area contributed by atoms with Gasteiger partial charge in [-0.25, -0.2) is 9.79 Å².